The van der Waals surface area contributed by atoms with Crippen molar-refractivity contribution in [2.24, 2.45) is 11.7 Å². The molecule has 8 nitrogen and oxygen atoms in total. The molecule has 1 aromatic heterocycles. The van der Waals surface area contributed by atoms with Crippen LogP contribution < -0.4 is 15.8 Å². The van der Waals surface area contributed by atoms with Gasteiger partial charge in [0.1, 0.15) is 11.7 Å². The Bertz CT molecular complexity index is 1010. The number of hydrogen-bond acceptors (Lipinski definition) is 5. The van der Waals surface area contributed by atoms with E-state index >= 15 is 0 Å². The fourth-order valence-corrected chi connectivity index (χ4v) is 4.77. The summed E-state index contributed by atoms with van der Waals surface area (Å²) in [5.74, 6) is -1.40. The smallest absolute Gasteiger partial charge is 0.238 e. The van der Waals surface area contributed by atoms with Crippen LogP contribution in [0.15, 0.2) is 48.8 Å². The first-order chi connectivity index (χ1) is 15.4. The summed E-state index contributed by atoms with van der Waals surface area (Å²) in [4.78, 5) is 43.1. The Labute approximate surface area is 187 Å². The summed E-state index contributed by atoms with van der Waals surface area (Å²) < 4.78 is 6.25. The lowest BCUT2D eigenvalue weighted by Gasteiger charge is -2.52. The van der Waals surface area contributed by atoms with Crippen LogP contribution in [0.4, 0.5) is 5.69 Å². The van der Waals surface area contributed by atoms with Gasteiger partial charge in [0, 0.05) is 43.4 Å². The largest absolute Gasteiger partial charge is 0.468 e. The van der Waals surface area contributed by atoms with Crippen LogP contribution in [0.25, 0.3) is 0 Å². The monoisotopic (exact) mass is 436 g/mol. The third-order valence-electron chi connectivity index (χ3n) is 6.31. The number of likely N-dealkylation sites (tertiary alicyclic amines) is 1. The minimum absolute atomic E-state index is 0.0546. The lowest BCUT2D eigenvalue weighted by atomic mass is 9.73. The van der Waals surface area contributed by atoms with Crippen LogP contribution in [0, 0.1) is 5.92 Å². The maximum atomic E-state index is 13.2. The van der Waals surface area contributed by atoms with Crippen LogP contribution in [-0.4, -0.2) is 39.9 Å². The van der Waals surface area contributed by atoms with E-state index in [0.29, 0.717) is 38.0 Å². The first-order valence-corrected chi connectivity index (χ1v) is 11.0. The standard InChI is InChI=1S/C24H28N4O4/c1-24-15-18(17-7-4-5-8-19(17)32-24)21(22(25)30)23(31)28(24)14-6-2-3-9-20(29)27-16-10-12-26-13-11-16/h4-5,7-8,10-13,18,21H,2-3,6,9,14-15H2,1H3,(H2,25,30)(H,26,27,29)/t18-,21+,24-/m0/s1. The molecule has 2 aliphatic rings. The fourth-order valence-electron chi connectivity index (χ4n) is 4.77. The number of unbranched alkanes of at least 4 members (excludes halogenated alkanes) is 2. The molecule has 3 N–H and O–H groups in total. The molecule has 2 aromatic rings. The number of piperidine rings is 1. The number of hydrogen-bond donors (Lipinski definition) is 2. The molecule has 1 fully saturated rings. The van der Waals surface area contributed by atoms with Crippen LogP contribution in [0.1, 0.15) is 50.5 Å². The number of ether oxygens (including phenoxy) is 1. The zero-order valence-electron chi connectivity index (χ0n) is 18.1. The number of aromatic nitrogens is 1. The molecular formula is C24H28N4O4. The van der Waals surface area contributed by atoms with Crippen molar-refractivity contribution in [3.63, 3.8) is 0 Å². The van der Waals surface area contributed by atoms with Crippen LogP contribution in [-0.2, 0) is 14.4 Å². The Kier molecular flexibility index (Phi) is 6.12. The van der Waals surface area contributed by atoms with E-state index in [9.17, 15) is 14.4 Å². The normalized spacial score (nSPS) is 23.8. The van der Waals surface area contributed by atoms with Crippen molar-refractivity contribution in [3.05, 3.63) is 54.4 Å². The number of nitrogens with two attached hydrogens (primary N) is 1. The van der Waals surface area contributed by atoms with Crippen molar-refractivity contribution in [2.45, 2.75) is 50.7 Å². The average Bonchev–Trinajstić information content (AvgIpc) is 2.75. The van der Waals surface area contributed by atoms with Crippen molar-refractivity contribution in [1.29, 1.82) is 0 Å². The van der Waals surface area contributed by atoms with E-state index in [1.165, 1.54) is 0 Å². The minimum atomic E-state index is -0.890. The SMILES string of the molecule is C[C@@]12C[C@@H](c3ccccc3O1)[C@H](C(N)=O)C(=O)N2CCCCCC(=O)Nc1ccncc1. The lowest BCUT2D eigenvalue weighted by Crippen LogP contribution is -2.64. The molecule has 0 aliphatic carbocycles. The van der Waals surface area contributed by atoms with Gasteiger partial charge in [-0.05, 0) is 43.5 Å². The topological polar surface area (TPSA) is 115 Å². The Hall–Kier alpha value is -3.42. The van der Waals surface area contributed by atoms with Crippen LogP contribution >= 0.6 is 0 Å². The Balaban J connectivity index is 1.36. The number of pyridine rings is 1. The molecule has 2 aliphatic heterocycles. The predicted octanol–water partition coefficient (Wildman–Crippen LogP) is 2.81. The number of benzene rings is 1. The quantitative estimate of drug-likeness (QED) is 0.488. The Morgan fingerprint density at radius 1 is 1.19 bits per heavy atom. The summed E-state index contributed by atoms with van der Waals surface area (Å²) >= 11 is 0. The van der Waals surface area contributed by atoms with Crippen LogP contribution in [0.3, 0.4) is 0 Å². The summed E-state index contributed by atoms with van der Waals surface area (Å²) in [6.07, 6.45) is 6.33. The molecule has 2 bridgehead atoms. The Morgan fingerprint density at radius 2 is 1.94 bits per heavy atom. The number of para-hydroxylation sites is 1. The zero-order chi connectivity index (χ0) is 22.7. The van der Waals surface area contributed by atoms with E-state index in [4.69, 9.17) is 10.5 Å². The predicted molar refractivity (Wildman–Crippen MR) is 119 cm³/mol. The highest BCUT2D eigenvalue weighted by Gasteiger charge is 2.55. The molecule has 1 saturated heterocycles. The second kappa shape index (κ2) is 8.98. The van der Waals surface area contributed by atoms with Gasteiger partial charge in [0.2, 0.25) is 17.7 Å². The molecule has 3 atom stereocenters. The number of fused-ring (bicyclic) bond motifs is 4. The molecule has 0 spiro atoms. The molecular weight excluding hydrogens is 408 g/mol. The van der Waals surface area contributed by atoms with Gasteiger partial charge in [-0.2, -0.15) is 0 Å². The fraction of sp³-hybridized carbons (Fsp3) is 0.417. The van der Waals surface area contributed by atoms with E-state index in [1.807, 2.05) is 31.2 Å². The first kappa shape index (κ1) is 21.8. The summed E-state index contributed by atoms with van der Waals surface area (Å²) in [6.45, 7) is 2.34. The molecule has 0 unspecified atom stereocenters. The third kappa shape index (κ3) is 4.30. The van der Waals surface area contributed by atoms with E-state index in [2.05, 4.69) is 10.3 Å². The maximum absolute atomic E-state index is 13.2. The second-order valence-electron chi connectivity index (χ2n) is 8.59. The Morgan fingerprint density at radius 3 is 2.69 bits per heavy atom. The molecule has 0 radical (unpaired) electrons. The number of amides is 3. The van der Waals surface area contributed by atoms with E-state index in [1.54, 1.807) is 29.4 Å². The van der Waals surface area contributed by atoms with Gasteiger partial charge in [-0.15, -0.1) is 0 Å². The van der Waals surface area contributed by atoms with Gasteiger partial charge >= 0.3 is 0 Å². The van der Waals surface area contributed by atoms with Gasteiger partial charge in [-0.1, -0.05) is 24.6 Å². The van der Waals surface area contributed by atoms with Gasteiger partial charge in [-0.3, -0.25) is 19.4 Å². The highest BCUT2D eigenvalue weighted by Crippen LogP contribution is 2.50. The van der Waals surface area contributed by atoms with E-state index in [-0.39, 0.29) is 17.7 Å². The molecule has 3 amide bonds. The van der Waals surface area contributed by atoms with Gasteiger partial charge in [0.15, 0.2) is 5.72 Å². The first-order valence-electron chi connectivity index (χ1n) is 11.0. The van der Waals surface area contributed by atoms with Gasteiger partial charge in [0.05, 0.1) is 0 Å². The van der Waals surface area contributed by atoms with Crippen molar-refractivity contribution in [1.82, 2.24) is 9.88 Å². The number of nitrogens with zero attached hydrogens (tertiary/aromatic N) is 2. The lowest BCUT2D eigenvalue weighted by molar-refractivity contribution is -0.175. The number of rotatable bonds is 8. The van der Waals surface area contributed by atoms with Crippen LogP contribution in [0.5, 0.6) is 5.75 Å². The molecule has 0 saturated carbocycles. The number of carbonyl (C=O) groups is 3. The maximum Gasteiger partial charge on any atom is 0.238 e. The molecule has 1 aromatic carbocycles. The highest BCUT2D eigenvalue weighted by atomic mass is 16.5. The minimum Gasteiger partial charge on any atom is -0.468 e. The van der Waals surface area contributed by atoms with Crippen molar-refractivity contribution in [3.8, 4) is 5.75 Å². The van der Waals surface area contributed by atoms with Gasteiger partial charge in [0.25, 0.3) is 0 Å². The molecule has 4 rings (SSSR count). The van der Waals surface area contributed by atoms with Gasteiger partial charge < -0.3 is 20.7 Å². The second-order valence-corrected chi connectivity index (χ2v) is 8.59. The molecule has 168 valence electrons. The zero-order valence-corrected chi connectivity index (χ0v) is 18.1. The average molecular weight is 437 g/mol. The number of carbonyl (C=O) groups excluding carboxylic acids is 3. The third-order valence-corrected chi connectivity index (χ3v) is 6.31. The number of anilines is 1. The summed E-state index contributed by atoms with van der Waals surface area (Å²) in [6, 6.07) is 11.0. The summed E-state index contributed by atoms with van der Waals surface area (Å²) in [7, 11) is 0. The highest BCUT2D eigenvalue weighted by molar-refractivity contribution is 6.01. The van der Waals surface area contributed by atoms with Crippen molar-refractivity contribution < 1.29 is 19.1 Å². The molecule has 3 heterocycles. The number of primary amides is 1. The summed E-state index contributed by atoms with van der Waals surface area (Å²) in [5.41, 5.74) is 6.42. The van der Waals surface area contributed by atoms with E-state index in [0.717, 1.165) is 17.7 Å². The van der Waals surface area contributed by atoms with Gasteiger partial charge in [-0.25, -0.2) is 0 Å². The van der Waals surface area contributed by atoms with Crippen molar-refractivity contribution >= 4 is 23.4 Å². The summed E-state index contributed by atoms with van der Waals surface area (Å²) in [5, 5.41) is 2.84. The van der Waals surface area contributed by atoms with E-state index < -0.39 is 17.6 Å². The van der Waals surface area contributed by atoms with Crippen LogP contribution in [0.2, 0.25) is 0 Å². The molecule has 8 heteroatoms. The van der Waals surface area contributed by atoms with Crippen molar-refractivity contribution in [2.75, 3.05) is 11.9 Å². The molecule has 32 heavy (non-hydrogen) atoms. The number of nitrogens with one attached hydrogen (secondary N) is 1.